The Hall–Kier alpha value is -1.12. The Bertz CT molecular complexity index is 207. The highest BCUT2D eigenvalue weighted by molar-refractivity contribution is 7.93. The zero-order valence-corrected chi connectivity index (χ0v) is 7.08. The van der Waals surface area contributed by atoms with E-state index in [0.29, 0.717) is 0 Å². The number of rotatable bonds is 2. The van der Waals surface area contributed by atoms with Gasteiger partial charge in [0, 0.05) is 7.05 Å². The maximum absolute atomic E-state index is 11.5. The molecule has 9 heteroatoms. The summed E-state index contributed by atoms with van der Waals surface area (Å²) in [5.41, 5.74) is 0. The summed E-state index contributed by atoms with van der Waals surface area (Å²) in [5.74, 6) is -2.19. The number of hydrogen-bond donors (Lipinski definition) is 2. The SMILES string of the molecule is CNC(=O)OSNC(=O)C(F)(F)F. The second-order valence-electron chi connectivity index (χ2n) is 1.63. The van der Waals surface area contributed by atoms with Gasteiger partial charge in [0.1, 0.15) is 0 Å². The maximum Gasteiger partial charge on any atom is 0.472 e. The molecule has 5 nitrogen and oxygen atoms in total. The first-order valence-corrected chi connectivity index (χ1v) is 3.54. The Labute approximate surface area is 75.3 Å². The average Bonchev–Trinajstić information content (AvgIpc) is 2.02. The van der Waals surface area contributed by atoms with Gasteiger partial charge < -0.3 is 9.50 Å². The molecular formula is C4H5F3N2O3S. The monoisotopic (exact) mass is 218 g/mol. The molecule has 0 saturated heterocycles. The molecule has 0 saturated carbocycles. The van der Waals surface area contributed by atoms with Crippen molar-refractivity contribution in [3.63, 3.8) is 0 Å². The van der Waals surface area contributed by atoms with Crippen LogP contribution in [0, 0.1) is 0 Å². The van der Waals surface area contributed by atoms with Crippen molar-refractivity contribution < 1.29 is 26.9 Å². The van der Waals surface area contributed by atoms with Gasteiger partial charge in [0.2, 0.25) is 0 Å². The van der Waals surface area contributed by atoms with E-state index in [9.17, 15) is 22.8 Å². The highest BCUT2D eigenvalue weighted by Crippen LogP contribution is 2.15. The molecule has 2 amide bonds. The van der Waals surface area contributed by atoms with Gasteiger partial charge in [-0.25, -0.2) is 4.79 Å². The van der Waals surface area contributed by atoms with E-state index in [0.717, 1.165) is 0 Å². The van der Waals surface area contributed by atoms with Gasteiger partial charge in [-0.15, -0.1) is 0 Å². The lowest BCUT2D eigenvalue weighted by molar-refractivity contribution is -0.171. The van der Waals surface area contributed by atoms with Crippen molar-refractivity contribution in [3.8, 4) is 0 Å². The van der Waals surface area contributed by atoms with Gasteiger partial charge in [0.15, 0.2) is 12.2 Å². The molecule has 0 spiro atoms. The number of hydrogen-bond acceptors (Lipinski definition) is 4. The van der Waals surface area contributed by atoms with Crippen LogP contribution in [-0.4, -0.2) is 25.2 Å². The van der Waals surface area contributed by atoms with Crippen LogP contribution in [0.5, 0.6) is 0 Å². The topological polar surface area (TPSA) is 67.4 Å². The molecule has 0 rings (SSSR count). The summed E-state index contributed by atoms with van der Waals surface area (Å²) in [6, 6.07) is 0. The summed E-state index contributed by atoms with van der Waals surface area (Å²) in [4.78, 5) is 20.3. The summed E-state index contributed by atoms with van der Waals surface area (Å²) in [5, 5.41) is 1.96. The van der Waals surface area contributed by atoms with Crippen molar-refractivity contribution in [1.29, 1.82) is 0 Å². The summed E-state index contributed by atoms with van der Waals surface area (Å²) >= 11 is -0.111. The van der Waals surface area contributed by atoms with E-state index in [1.165, 1.54) is 11.8 Å². The molecular weight excluding hydrogens is 213 g/mol. The fourth-order valence-electron chi connectivity index (χ4n) is 0.196. The Balaban J connectivity index is 3.67. The van der Waals surface area contributed by atoms with Gasteiger partial charge in [-0.05, 0) is 0 Å². The molecule has 13 heavy (non-hydrogen) atoms. The number of halogens is 3. The average molecular weight is 218 g/mol. The van der Waals surface area contributed by atoms with Crippen molar-refractivity contribution in [2.24, 2.45) is 0 Å². The number of amides is 2. The molecule has 0 aliphatic carbocycles. The Morgan fingerprint density at radius 3 is 2.31 bits per heavy atom. The van der Waals surface area contributed by atoms with Crippen molar-refractivity contribution in [3.05, 3.63) is 0 Å². The third-order valence-corrected chi connectivity index (χ3v) is 1.22. The van der Waals surface area contributed by atoms with E-state index in [1.807, 2.05) is 5.32 Å². The molecule has 0 atom stereocenters. The molecule has 76 valence electrons. The second kappa shape index (κ2) is 4.80. The van der Waals surface area contributed by atoms with Crippen molar-refractivity contribution in [2.45, 2.75) is 6.18 Å². The lowest BCUT2D eigenvalue weighted by Gasteiger charge is -2.05. The van der Waals surface area contributed by atoms with Gasteiger partial charge in [0.05, 0.1) is 0 Å². The summed E-state index contributed by atoms with van der Waals surface area (Å²) < 4.78 is 39.7. The van der Waals surface area contributed by atoms with Crippen LogP contribution in [-0.2, 0) is 8.98 Å². The van der Waals surface area contributed by atoms with Crippen molar-refractivity contribution in [1.82, 2.24) is 10.0 Å². The van der Waals surface area contributed by atoms with Crippen LogP contribution in [0.2, 0.25) is 0 Å². The zero-order chi connectivity index (χ0) is 10.5. The van der Waals surface area contributed by atoms with Crippen LogP contribution < -0.4 is 10.0 Å². The lowest BCUT2D eigenvalue weighted by Crippen LogP contribution is -2.33. The predicted molar refractivity (Wildman–Crippen MR) is 37.3 cm³/mol. The summed E-state index contributed by atoms with van der Waals surface area (Å²) in [7, 11) is 1.22. The normalized spacial score (nSPS) is 10.5. The van der Waals surface area contributed by atoms with Crippen LogP contribution >= 0.6 is 12.2 Å². The molecule has 0 unspecified atom stereocenters. The summed E-state index contributed by atoms with van der Waals surface area (Å²) in [6.45, 7) is 0. The van der Waals surface area contributed by atoms with Crippen LogP contribution in [0.4, 0.5) is 18.0 Å². The van der Waals surface area contributed by atoms with Crippen LogP contribution in [0.15, 0.2) is 0 Å². The molecule has 0 fully saturated rings. The quantitative estimate of drug-likeness (QED) is 0.525. The van der Waals surface area contributed by atoms with E-state index in [1.54, 1.807) is 0 Å². The maximum atomic E-state index is 11.5. The Morgan fingerprint density at radius 1 is 1.38 bits per heavy atom. The van der Waals surface area contributed by atoms with Crippen LogP contribution in [0.3, 0.4) is 0 Å². The van der Waals surface area contributed by atoms with E-state index in [-0.39, 0.29) is 12.2 Å². The van der Waals surface area contributed by atoms with E-state index < -0.39 is 18.2 Å². The van der Waals surface area contributed by atoms with E-state index >= 15 is 0 Å². The highest BCUT2D eigenvalue weighted by Gasteiger charge is 2.39. The second-order valence-corrected chi connectivity index (χ2v) is 2.17. The van der Waals surface area contributed by atoms with Crippen molar-refractivity contribution in [2.75, 3.05) is 7.05 Å². The molecule has 0 aromatic rings. The first kappa shape index (κ1) is 11.9. The fourth-order valence-corrected chi connectivity index (χ4v) is 0.588. The number of carbonyl (C=O) groups is 2. The summed E-state index contributed by atoms with van der Waals surface area (Å²) in [6.07, 6.45) is -5.95. The smallest absolute Gasteiger partial charge is 0.353 e. The lowest BCUT2D eigenvalue weighted by atomic mass is 10.6. The fraction of sp³-hybridized carbons (Fsp3) is 0.500. The predicted octanol–water partition coefficient (Wildman–Crippen LogP) is 0.584. The van der Waals surface area contributed by atoms with E-state index in [4.69, 9.17) is 0 Å². The molecule has 0 aromatic carbocycles. The van der Waals surface area contributed by atoms with Gasteiger partial charge in [0.25, 0.3) is 0 Å². The highest BCUT2D eigenvalue weighted by atomic mass is 32.2. The zero-order valence-electron chi connectivity index (χ0n) is 6.27. The molecule has 0 aromatic heterocycles. The van der Waals surface area contributed by atoms with E-state index in [2.05, 4.69) is 4.18 Å². The number of alkyl halides is 3. The van der Waals surface area contributed by atoms with Gasteiger partial charge in [-0.3, -0.25) is 9.52 Å². The Morgan fingerprint density at radius 2 is 1.92 bits per heavy atom. The number of nitrogens with one attached hydrogen (secondary N) is 2. The molecule has 0 aliphatic heterocycles. The number of carbonyl (C=O) groups excluding carboxylic acids is 2. The minimum absolute atomic E-state index is 0.111. The van der Waals surface area contributed by atoms with Crippen LogP contribution in [0.1, 0.15) is 0 Å². The standard InChI is InChI=1S/C4H5F3N2O3S/c1-8-3(11)12-13-9-2(10)4(5,6)7/h1H3,(H,8,11)(H,9,10). The molecule has 0 radical (unpaired) electrons. The first-order chi connectivity index (χ1) is 5.88. The van der Waals surface area contributed by atoms with Gasteiger partial charge in [-0.1, -0.05) is 0 Å². The third kappa shape index (κ3) is 5.17. The first-order valence-electron chi connectivity index (χ1n) is 2.80. The molecule has 0 aliphatic rings. The largest absolute Gasteiger partial charge is 0.472 e. The van der Waals surface area contributed by atoms with Crippen LogP contribution in [0.25, 0.3) is 0 Å². The third-order valence-electron chi connectivity index (χ3n) is 0.713. The van der Waals surface area contributed by atoms with Gasteiger partial charge in [-0.2, -0.15) is 13.2 Å². The van der Waals surface area contributed by atoms with Crippen molar-refractivity contribution >= 4 is 24.2 Å². The minimum Gasteiger partial charge on any atom is -0.353 e. The van der Waals surface area contributed by atoms with Gasteiger partial charge >= 0.3 is 18.2 Å². The Kier molecular flexibility index (Phi) is 4.38. The molecule has 2 N–H and O–H groups in total. The minimum atomic E-state index is -4.99. The molecule has 0 heterocycles. The molecule has 0 bridgehead atoms.